The molecule has 1 amide bonds. The lowest BCUT2D eigenvalue weighted by atomic mass is 9.87. The van der Waals surface area contributed by atoms with E-state index in [-0.39, 0.29) is 30.2 Å². The summed E-state index contributed by atoms with van der Waals surface area (Å²) in [5, 5.41) is 2.87. The maximum absolute atomic E-state index is 12.9. The molecule has 1 aliphatic carbocycles. The number of nitrogens with one attached hydrogen (secondary N) is 1. The molecule has 0 spiro atoms. The van der Waals surface area contributed by atoms with Crippen molar-refractivity contribution >= 4 is 5.91 Å². The van der Waals surface area contributed by atoms with Crippen molar-refractivity contribution in [2.45, 2.75) is 31.3 Å². The van der Waals surface area contributed by atoms with Crippen LogP contribution in [0, 0.1) is 5.82 Å². The molecule has 0 unspecified atom stereocenters. The SMILES string of the molecule is NC1CC(NC(=O)Cc2cccc(F)c2)C1. The van der Waals surface area contributed by atoms with Crippen LogP contribution in [0.2, 0.25) is 0 Å². The van der Waals surface area contributed by atoms with Crippen LogP contribution in [-0.4, -0.2) is 18.0 Å². The van der Waals surface area contributed by atoms with Crippen LogP contribution in [0.25, 0.3) is 0 Å². The Kier molecular flexibility index (Phi) is 3.19. The molecular formula is C12H15FN2O. The number of benzene rings is 1. The Morgan fingerprint density at radius 2 is 2.25 bits per heavy atom. The molecule has 0 saturated heterocycles. The number of carbonyl (C=O) groups is 1. The van der Waals surface area contributed by atoms with Crippen LogP contribution in [0.5, 0.6) is 0 Å². The van der Waals surface area contributed by atoms with Crippen molar-refractivity contribution in [1.29, 1.82) is 0 Å². The summed E-state index contributed by atoms with van der Waals surface area (Å²) in [6.07, 6.45) is 1.91. The Bertz CT molecular complexity index is 388. The van der Waals surface area contributed by atoms with E-state index >= 15 is 0 Å². The molecule has 0 heterocycles. The third kappa shape index (κ3) is 2.79. The molecule has 0 aromatic heterocycles. The van der Waals surface area contributed by atoms with Crippen molar-refractivity contribution in [3.63, 3.8) is 0 Å². The maximum atomic E-state index is 12.9. The van der Waals surface area contributed by atoms with Gasteiger partial charge < -0.3 is 11.1 Å². The minimum absolute atomic E-state index is 0.0671. The molecule has 3 N–H and O–H groups in total. The summed E-state index contributed by atoms with van der Waals surface area (Å²) in [6, 6.07) is 6.53. The zero-order valence-corrected chi connectivity index (χ0v) is 8.95. The molecule has 3 nitrogen and oxygen atoms in total. The zero-order chi connectivity index (χ0) is 11.5. The molecule has 1 saturated carbocycles. The van der Waals surface area contributed by atoms with E-state index in [4.69, 9.17) is 5.73 Å². The van der Waals surface area contributed by atoms with Crippen molar-refractivity contribution in [2.75, 3.05) is 0 Å². The van der Waals surface area contributed by atoms with Gasteiger partial charge in [-0.3, -0.25) is 4.79 Å². The fraction of sp³-hybridized carbons (Fsp3) is 0.417. The molecule has 4 heteroatoms. The number of nitrogens with two attached hydrogens (primary N) is 1. The highest BCUT2D eigenvalue weighted by atomic mass is 19.1. The van der Waals surface area contributed by atoms with E-state index in [0.29, 0.717) is 5.56 Å². The van der Waals surface area contributed by atoms with Gasteiger partial charge in [-0.05, 0) is 30.5 Å². The van der Waals surface area contributed by atoms with Crippen LogP contribution < -0.4 is 11.1 Å². The second-order valence-electron chi connectivity index (χ2n) is 4.30. The van der Waals surface area contributed by atoms with Gasteiger partial charge in [-0.15, -0.1) is 0 Å². The predicted octanol–water partition coefficient (Wildman–Crippen LogP) is 0.974. The van der Waals surface area contributed by atoms with Crippen molar-refractivity contribution < 1.29 is 9.18 Å². The molecular weight excluding hydrogens is 207 g/mol. The minimum atomic E-state index is -0.309. The summed E-state index contributed by atoms with van der Waals surface area (Å²) in [4.78, 5) is 11.6. The van der Waals surface area contributed by atoms with Gasteiger partial charge in [0.25, 0.3) is 0 Å². The van der Waals surface area contributed by atoms with Crippen LogP contribution in [0.1, 0.15) is 18.4 Å². The molecule has 16 heavy (non-hydrogen) atoms. The van der Waals surface area contributed by atoms with Gasteiger partial charge in [0.2, 0.25) is 5.91 Å². The molecule has 86 valence electrons. The van der Waals surface area contributed by atoms with Crippen LogP contribution in [0.15, 0.2) is 24.3 Å². The summed E-state index contributed by atoms with van der Waals surface area (Å²) in [5.74, 6) is -0.376. The number of hydrogen-bond acceptors (Lipinski definition) is 2. The maximum Gasteiger partial charge on any atom is 0.224 e. The second kappa shape index (κ2) is 4.61. The van der Waals surface area contributed by atoms with Gasteiger partial charge in [-0.25, -0.2) is 4.39 Å². The fourth-order valence-electron chi connectivity index (χ4n) is 1.89. The molecule has 1 aromatic carbocycles. The Balaban J connectivity index is 1.83. The van der Waals surface area contributed by atoms with E-state index in [0.717, 1.165) is 12.8 Å². The smallest absolute Gasteiger partial charge is 0.224 e. The second-order valence-corrected chi connectivity index (χ2v) is 4.30. The Morgan fingerprint density at radius 1 is 1.50 bits per heavy atom. The monoisotopic (exact) mass is 222 g/mol. The third-order valence-corrected chi connectivity index (χ3v) is 2.79. The summed E-state index contributed by atoms with van der Waals surface area (Å²) in [6.45, 7) is 0. The lowest BCUT2D eigenvalue weighted by Gasteiger charge is -2.32. The van der Waals surface area contributed by atoms with Gasteiger partial charge in [0.15, 0.2) is 0 Å². The van der Waals surface area contributed by atoms with Gasteiger partial charge in [0, 0.05) is 12.1 Å². The summed E-state index contributed by atoms with van der Waals surface area (Å²) < 4.78 is 12.9. The molecule has 0 atom stereocenters. The summed E-state index contributed by atoms with van der Waals surface area (Å²) in [7, 11) is 0. The largest absolute Gasteiger partial charge is 0.353 e. The van der Waals surface area contributed by atoms with Gasteiger partial charge in [-0.1, -0.05) is 12.1 Å². The summed E-state index contributed by atoms with van der Waals surface area (Å²) in [5.41, 5.74) is 6.31. The highest BCUT2D eigenvalue weighted by Gasteiger charge is 2.26. The standard InChI is InChI=1S/C12H15FN2O/c13-9-3-1-2-8(4-9)5-12(16)15-11-6-10(14)7-11/h1-4,10-11H,5-7,14H2,(H,15,16). The normalized spacial score (nSPS) is 23.6. The van der Waals surface area contributed by atoms with E-state index in [9.17, 15) is 9.18 Å². The summed E-state index contributed by atoms with van der Waals surface area (Å²) >= 11 is 0. The van der Waals surface area contributed by atoms with Crippen molar-refractivity contribution in [2.24, 2.45) is 5.73 Å². The number of rotatable bonds is 3. The van der Waals surface area contributed by atoms with Crippen LogP contribution in [0.4, 0.5) is 4.39 Å². The number of halogens is 1. The molecule has 0 aliphatic heterocycles. The molecule has 1 fully saturated rings. The highest BCUT2D eigenvalue weighted by Crippen LogP contribution is 2.17. The average Bonchev–Trinajstić information content (AvgIpc) is 2.15. The first kappa shape index (κ1) is 11.1. The van der Waals surface area contributed by atoms with Gasteiger partial charge >= 0.3 is 0 Å². The molecule has 0 bridgehead atoms. The van der Waals surface area contributed by atoms with Crippen molar-refractivity contribution in [3.05, 3.63) is 35.6 Å². The minimum Gasteiger partial charge on any atom is -0.353 e. The molecule has 1 aromatic rings. The van der Waals surface area contributed by atoms with Crippen LogP contribution in [0.3, 0.4) is 0 Å². The molecule has 1 aliphatic rings. The lowest BCUT2D eigenvalue weighted by molar-refractivity contribution is -0.121. The van der Waals surface area contributed by atoms with Crippen LogP contribution >= 0.6 is 0 Å². The van der Waals surface area contributed by atoms with E-state index < -0.39 is 0 Å². The topological polar surface area (TPSA) is 55.1 Å². The Morgan fingerprint density at radius 3 is 2.88 bits per heavy atom. The Labute approximate surface area is 93.8 Å². The highest BCUT2D eigenvalue weighted by molar-refractivity contribution is 5.78. The van der Waals surface area contributed by atoms with Gasteiger partial charge in [0.05, 0.1) is 6.42 Å². The van der Waals surface area contributed by atoms with Crippen LogP contribution in [-0.2, 0) is 11.2 Å². The number of amides is 1. The first-order chi connectivity index (χ1) is 7.63. The Hall–Kier alpha value is -1.42. The first-order valence-corrected chi connectivity index (χ1v) is 5.43. The van der Waals surface area contributed by atoms with E-state index in [1.54, 1.807) is 12.1 Å². The average molecular weight is 222 g/mol. The van der Waals surface area contributed by atoms with Crippen molar-refractivity contribution in [3.8, 4) is 0 Å². The quantitative estimate of drug-likeness (QED) is 0.800. The van der Waals surface area contributed by atoms with E-state index in [2.05, 4.69) is 5.32 Å². The van der Waals surface area contributed by atoms with E-state index in [1.807, 2.05) is 0 Å². The molecule has 0 radical (unpaired) electrons. The number of carbonyl (C=O) groups excluding carboxylic acids is 1. The van der Waals surface area contributed by atoms with Gasteiger partial charge in [-0.2, -0.15) is 0 Å². The number of hydrogen-bond donors (Lipinski definition) is 2. The third-order valence-electron chi connectivity index (χ3n) is 2.79. The molecule has 2 rings (SSSR count). The predicted molar refractivity (Wildman–Crippen MR) is 59.2 cm³/mol. The zero-order valence-electron chi connectivity index (χ0n) is 8.95. The fourth-order valence-corrected chi connectivity index (χ4v) is 1.89. The lowest BCUT2D eigenvalue weighted by Crippen LogP contribution is -2.50. The first-order valence-electron chi connectivity index (χ1n) is 5.43. The van der Waals surface area contributed by atoms with E-state index in [1.165, 1.54) is 12.1 Å². The van der Waals surface area contributed by atoms with Gasteiger partial charge in [0.1, 0.15) is 5.82 Å². The van der Waals surface area contributed by atoms with Crippen molar-refractivity contribution in [1.82, 2.24) is 5.32 Å².